The molecule has 2 saturated carbocycles. The fourth-order valence-corrected chi connectivity index (χ4v) is 7.40. The van der Waals surface area contributed by atoms with Gasteiger partial charge >= 0.3 is 0 Å². The molecule has 0 aliphatic heterocycles. The van der Waals surface area contributed by atoms with Crippen LogP contribution < -0.4 is 0 Å². The minimum atomic E-state index is -0.907. The van der Waals surface area contributed by atoms with Crippen molar-refractivity contribution < 1.29 is 9.47 Å². The van der Waals surface area contributed by atoms with Crippen molar-refractivity contribution >= 4 is 0 Å². The van der Waals surface area contributed by atoms with Crippen LogP contribution in [0.1, 0.15) is 128 Å². The highest BCUT2D eigenvalue weighted by molar-refractivity contribution is 5.80. The number of benzene rings is 2. The SMILES string of the molecule is CCCC(OC1CCCCC1)(OC1CCCCC1)c1nc(Cc2ccc(-c3ccccc3-c3nnn[nH]3)cc2)n(CC(CC)CC)n1. The summed E-state index contributed by atoms with van der Waals surface area (Å²) in [6, 6.07) is 17.0. The van der Waals surface area contributed by atoms with Crippen LogP contribution >= 0.6 is 0 Å². The number of nitrogens with zero attached hydrogens (tertiary/aromatic N) is 6. The first kappa shape index (κ1) is 33.5. The summed E-state index contributed by atoms with van der Waals surface area (Å²) in [6.07, 6.45) is 16.8. The van der Waals surface area contributed by atoms with Crippen LogP contribution in [0.3, 0.4) is 0 Å². The van der Waals surface area contributed by atoms with Gasteiger partial charge in [-0.1, -0.05) is 127 Å². The molecular formula is C38H53N7O2. The van der Waals surface area contributed by atoms with E-state index >= 15 is 0 Å². The Morgan fingerprint density at radius 1 is 0.830 bits per heavy atom. The smallest absolute Gasteiger partial charge is 0.232 e. The second-order valence-electron chi connectivity index (χ2n) is 13.6. The molecule has 4 aromatic rings. The molecule has 2 aromatic heterocycles. The van der Waals surface area contributed by atoms with Crippen LogP contribution in [0.25, 0.3) is 22.5 Å². The maximum absolute atomic E-state index is 7.11. The minimum absolute atomic E-state index is 0.191. The Kier molecular flexibility index (Phi) is 11.5. The van der Waals surface area contributed by atoms with Gasteiger partial charge in [0.15, 0.2) is 5.82 Å². The van der Waals surface area contributed by atoms with Crippen molar-refractivity contribution in [3.63, 3.8) is 0 Å². The molecule has 0 spiro atoms. The number of tetrazole rings is 1. The molecule has 6 rings (SSSR count). The zero-order valence-electron chi connectivity index (χ0n) is 28.7. The zero-order valence-corrected chi connectivity index (χ0v) is 28.7. The molecular weight excluding hydrogens is 586 g/mol. The second kappa shape index (κ2) is 16.1. The summed E-state index contributed by atoms with van der Waals surface area (Å²) in [5.41, 5.74) is 4.37. The molecule has 2 aliphatic rings. The maximum atomic E-state index is 7.11. The van der Waals surface area contributed by atoms with E-state index in [1.807, 2.05) is 18.2 Å². The lowest BCUT2D eigenvalue weighted by atomic mass is 9.96. The van der Waals surface area contributed by atoms with Crippen LogP contribution in [0.4, 0.5) is 0 Å². The highest BCUT2D eigenvalue weighted by atomic mass is 16.7. The minimum Gasteiger partial charge on any atom is -0.340 e. The molecule has 252 valence electrons. The number of hydrogen-bond donors (Lipinski definition) is 1. The highest BCUT2D eigenvalue weighted by Gasteiger charge is 2.43. The third-order valence-corrected chi connectivity index (χ3v) is 10.2. The van der Waals surface area contributed by atoms with Gasteiger partial charge in [-0.25, -0.2) is 14.8 Å². The lowest BCUT2D eigenvalue weighted by Gasteiger charge is -2.39. The van der Waals surface area contributed by atoms with E-state index in [4.69, 9.17) is 19.6 Å². The average molecular weight is 640 g/mol. The zero-order chi connectivity index (χ0) is 32.5. The van der Waals surface area contributed by atoms with Crippen LogP contribution in [-0.4, -0.2) is 47.6 Å². The summed E-state index contributed by atoms with van der Waals surface area (Å²) < 4.78 is 16.4. The van der Waals surface area contributed by atoms with Crippen LogP contribution in [0, 0.1) is 5.92 Å². The molecule has 47 heavy (non-hydrogen) atoms. The fourth-order valence-electron chi connectivity index (χ4n) is 7.40. The first-order valence-electron chi connectivity index (χ1n) is 18.3. The van der Waals surface area contributed by atoms with Gasteiger partial charge in [0.25, 0.3) is 0 Å². The largest absolute Gasteiger partial charge is 0.340 e. The number of H-pyrrole nitrogens is 1. The molecule has 0 amide bonds. The molecule has 2 aliphatic carbocycles. The van der Waals surface area contributed by atoms with Crippen LogP contribution in [0.2, 0.25) is 0 Å². The Labute approximate surface area is 280 Å². The van der Waals surface area contributed by atoms with Gasteiger partial charge in [0.2, 0.25) is 11.6 Å². The highest BCUT2D eigenvalue weighted by Crippen LogP contribution is 2.39. The number of aromatic amines is 1. The second-order valence-corrected chi connectivity index (χ2v) is 13.6. The predicted octanol–water partition coefficient (Wildman–Crippen LogP) is 8.80. The summed E-state index contributed by atoms with van der Waals surface area (Å²) in [4.78, 5) is 5.35. The van der Waals surface area contributed by atoms with Crippen molar-refractivity contribution in [2.75, 3.05) is 0 Å². The number of aromatic nitrogens is 7. The van der Waals surface area contributed by atoms with Crippen molar-refractivity contribution in [3.8, 4) is 22.5 Å². The average Bonchev–Trinajstić information content (AvgIpc) is 3.80. The van der Waals surface area contributed by atoms with E-state index in [1.54, 1.807) is 0 Å². The molecule has 2 fully saturated rings. The van der Waals surface area contributed by atoms with Gasteiger partial charge in [-0.3, -0.25) is 0 Å². The molecule has 2 aromatic carbocycles. The normalized spacial score (nSPS) is 16.7. The van der Waals surface area contributed by atoms with Crippen LogP contribution in [0.15, 0.2) is 48.5 Å². The number of rotatable bonds is 15. The molecule has 9 heteroatoms. The molecule has 0 unspecified atom stereocenters. The van der Waals surface area contributed by atoms with E-state index in [1.165, 1.54) is 44.1 Å². The topological polar surface area (TPSA) is 104 Å². The number of ether oxygens (including phenoxy) is 2. The van der Waals surface area contributed by atoms with E-state index in [0.29, 0.717) is 18.2 Å². The molecule has 1 N–H and O–H groups in total. The Hall–Kier alpha value is -3.43. The molecule has 2 heterocycles. The van der Waals surface area contributed by atoms with E-state index < -0.39 is 5.79 Å². The van der Waals surface area contributed by atoms with Gasteiger partial charge in [-0.15, -0.1) is 5.10 Å². The first-order valence-corrected chi connectivity index (χ1v) is 18.3. The lowest BCUT2D eigenvalue weighted by Crippen LogP contribution is -2.42. The fraction of sp³-hybridized carbons (Fsp3) is 0.605. The molecule has 0 bridgehead atoms. The van der Waals surface area contributed by atoms with E-state index in [9.17, 15) is 0 Å². The van der Waals surface area contributed by atoms with Gasteiger partial charge in [0.05, 0.1) is 12.2 Å². The quantitative estimate of drug-likeness (QED) is 0.130. The van der Waals surface area contributed by atoms with Crippen molar-refractivity contribution in [3.05, 3.63) is 65.7 Å². The molecule has 9 nitrogen and oxygen atoms in total. The Bertz CT molecular complexity index is 1480. The van der Waals surface area contributed by atoms with E-state index in [0.717, 1.165) is 86.3 Å². The Morgan fingerprint density at radius 3 is 2.04 bits per heavy atom. The molecule has 0 atom stereocenters. The number of nitrogens with one attached hydrogen (secondary N) is 1. The Morgan fingerprint density at radius 2 is 1.47 bits per heavy atom. The van der Waals surface area contributed by atoms with Gasteiger partial charge in [-0.2, -0.15) is 5.10 Å². The van der Waals surface area contributed by atoms with Gasteiger partial charge in [0.1, 0.15) is 5.82 Å². The van der Waals surface area contributed by atoms with Crippen molar-refractivity contribution in [2.24, 2.45) is 5.92 Å². The number of hydrogen-bond acceptors (Lipinski definition) is 7. The standard InChI is InChI=1S/C38H53N7O2/c1-4-25-38(46-31-15-9-7-10-16-31,47-32-17-11-8-12-18-32)37-39-35(45(42-37)27-28(5-2)6-3)26-29-21-23-30(24-22-29)33-19-13-14-20-34(33)36-40-43-44-41-36/h13-14,19-24,28,31-32H,4-12,15-18,25-27H2,1-3H3,(H,40,41,43,44). The summed E-state index contributed by atoms with van der Waals surface area (Å²) in [5, 5.41) is 19.9. The Balaban J connectivity index is 1.33. The molecule has 0 radical (unpaired) electrons. The van der Waals surface area contributed by atoms with Crippen LogP contribution in [0.5, 0.6) is 0 Å². The lowest BCUT2D eigenvalue weighted by molar-refractivity contribution is -0.302. The summed E-state index contributed by atoms with van der Waals surface area (Å²) in [6.45, 7) is 7.62. The van der Waals surface area contributed by atoms with E-state index in [-0.39, 0.29) is 12.2 Å². The van der Waals surface area contributed by atoms with Gasteiger partial charge in [-0.05, 0) is 58.7 Å². The van der Waals surface area contributed by atoms with Crippen molar-refractivity contribution in [1.82, 2.24) is 35.4 Å². The third kappa shape index (κ3) is 8.18. The summed E-state index contributed by atoms with van der Waals surface area (Å²) in [7, 11) is 0. The molecule has 0 saturated heterocycles. The third-order valence-electron chi connectivity index (χ3n) is 10.2. The van der Waals surface area contributed by atoms with Crippen molar-refractivity contribution in [2.45, 2.75) is 142 Å². The summed E-state index contributed by atoms with van der Waals surface area (Å²) in [5.74, 6) is 1.99. The first-order chi connectivity index (χ1) is 23.1. The predicted molar refractivity (Wildman–Crippen MR) is 184 cm³/mol. The van der Waals surface area contributed by atoms with E-state index in [2.05, 4.69) is 76.4 Å². The van der Waals surface area contributed by atoms with Crippen LogP contribution in [-0.2, 0) is 28.2 Å². The van der Waals surface area contributed by atoms with Gasteiger partial charge in [0, 0.05) is 24.9 Å². The van der Waals surface area contributed by atoms with Crippen molar-refractivity contribution in [1.29, 1.82) is 0 Å². The maximum Gasteiger partial charge on any atom is 0.232 e. The summed E-state index contributed by atoms with van der Waals surface area (Å²) >= 11 is 0. The van der Waals surface area contributed by atoms with Gasteiger partial charge < -0.3 is 9.47 Å². The monoisotopic (exact) mass is 639 g/mol.